The largest absolute Gasteiger partial charge is 0.308 e. The monoisotopic (exact) mass is 302 g/mol. The van der Waals surface area contributed by atoms with Crippen molar-refractivity contribution in [2.24, 2.45) is 0 Å². The molecule has 1 N–H and O–H groups in total. The summed E-state index contributed by atoms with van der Waals surface area (Å²) in [7, 11) is 0. The van der Waals surface area contributed by atoms with Gasteiger partial charge in [-0.15, -0.1) is 11.3 Å². The minimum Gasteiger partial charge on any atom is -0.308 e. The Labute approximate surface area is 110 Å². The van der Waals surface area contributed by atoms with Crippen molar-refractivity contribution in [2.45, 2.75) is 32.4 Å². The second kappa shape index (κ2) is 6.15. The first-order valence-corrected chi connectivity index (χ1v) is 7.55. The number of hydrogen-bond donors (Lipinski definition) is 1. The van der Waals surface area contributed by atoms with Crippen molar-refractivity contribution in [1.29, 1.82) is 0 Å². The van der Waals surface area contributed by atoms with Gasteiger partial charge in [0, 0.05) is 24.0 Å². The van der Waals surface area contributed by atoms with E-state index in [9.17, 15) is 0 Å². The molecule has 4 heteroatoms. The van der Waals surface area contributed by atoms with Gasteiger partial charge >= 0.3 is 0 Å². The Hall–Kier alpha value is 0.1000. The molecule has 1 unspecified atom stereocenters. The highest BCUT2D eigenvalue weighted by Crippen LogP contribution is 2.21. The molecule has 0 radical (unpaired) electrons. The van der Waals surface area contributed by atoms with Gasteiger partial charge in [-0.1, -0.05) is 0 Å². The van der Waals surface area contributed by atoms with Crippen LogP contribution in [0.25, 0.3) is 0 Å². The molecule has 2 rings (SSSR count). The SMILES string of the molecule is CC(CN1CCCC1)NCc1ccc(Br)s1. The summed E-state index contributed by atoms with van der Waals surface area (Å²) >= 11 is 5.31. The molecule has 2 nitrogen and oxygen atoms in total. The van der Waals surface area contributed by atoms with Crippen molar-refractivity contribution < 1.29 is 0 Å². The fourth-order valence-corrected chi connectivity index (χ4v) is 3.57. The molecule has 0 bridgehead atoms. The average Bonchev–Trinajstić information content (AvgIpc) is 2.87. The van der Waals surface area contributed by atoms with Crippen LogP contribution in [-0.2, 0) is 6.54 Å². The molecule has 16 heavy (non-hydrogen) atoms. The molecule has 0 spiro atoms. The fraction of sp³-hybridized carbons (Fsp3) is 0.667. The number of hydrogen-bond acceptors (Lipinski definition) is 3. The predicted molar refractivity (Wildman–Crippen MR) is 74.0 cm³/mol. The van der Waals surface area contributed by atoms with E-state index in [2.05, 4.69) is 45.2 Å². The first kappa shape index (κ1) is 12.6. The zero-order valence-electron chi connectivity index (χ0n) is 9.71. The Balaban J connectivity index is 1.68. The van der Waals surface area contributed by atoms with E-state index in [1.807, 2.05) is 11.3 Å². The Bertz CT molecular complexity index is 321. The summed E-state index contributed by atoms with van der Waals surface area (Å²) in [6.07, 6.45) is 2.76. The molecule has 2 heterocycles. The molecule has 0 aromatic carbocycles. The first-order chi connectivity index (χ1) is 7.74. The molecule has 1 atom stereocenters. The number of nitrogens with zero attached hydrogens (tertiary/aromatic N) is 1. The van der Waals surface area contributed by atoms with Crippen molar-refractivity contribution in [2.75, 3.05) is 19.6 Å². The highest BCUT2D eigenvalue weighted by atomic mass is 79.9. The quantitative estimate of drug-likeness (QED) is 0.899. The van der Waals surface area contributed by atoms with Gasteiger partial charge < -0.3 is 10.2 Å². The lowest BCUT2D eigenvalue weighted by Crippen LogP contribution is -2.37. The maximum absolute atomic E-state index is 3.59. The van der Waals surface area contributed by atoms with Crippen molar-refractivity contribution >= 4 is 27.3 Å². The molecule has 1 fully saturated rings. The molecular weight excluding hydrogens is 284 g/mol. The van der Waals surface area contributed by atoms with Gasteiger partial charge in [-0.2, -0.15) is 0 Å². The lowest BCUT2D eigenvalue weighted by molar-refractivity contribution is 0.298. The van der Waals surface area contributed by atoms with Gasteiger partial charge in [0.25, 0.3) is 0 Å². The van der Waals surface area contributed by atoms with Crippen LogP contribution in [0.5, 0.6) is 0 Å². The molecule has 1 aromatic heterocycles. The van der Waals surface area contributed by atoms with Crippen LogP contribution >= 0.6 is 27.3 Å². The van der Waals surface area contributed by atoms with Gasteiger partial charge in [0.05, 0.1) is 3.79 Å². The Morgan fingerprint density at radius 1 is 1.44 bits per heavy atom. The zero-order valence-corrected chi connectivity index (χ0v) is 12.1. The molecule has 1 aromatic rings. The Kier molecular flexibility index (Phi) is 4.82. The molecule has 1 aliphatic rings. The first-order valence-electron chi connectivity index (χ1n) is 5.94. The summed E-state index contributed by atoms with van der Waals surface area (Å²) in [5.74, 6) is 0. The lowest BCUT2D eigenvalue weighted by Gasteiger charge is -2.20. The summed E-state index contributed by atoms with van der Waals surface area (Å²) in [6.45, 7) is 7.03. The summed E-state index contributed by atoms with van der Waals surface area (Å²) < 4.78 is 1.22. The summed E-state index contributed by atoms with van der Waals surface area (Å²) in [4.78, 5) is 3.96. The van der Waals surface area contributed by atoms with E-state index in [-0.39, 0.29) is 0 Å². The third kappa shape index (κ3) is 3.84. The van der Waals surface area contributed by atoms with E-state index >= 15 is 0 Å². The Morgan fingerprint density at radius 3 is 2.81 bits per heavy atom. The van der Waals surface area contributed by atoms with E-state index in [1.165, 1.54) is 41.1 Å². The van der Waals surface area contributed by atoms with Crippen LogP contribution in [-0.4, -0.2) is 30.6 Å². The maximum Gasteiger partial charge on any atom is 0.0701 e. The van der Waals surface area contributed by atoms with Crippen molar-refractivity contribution in [1.82, 2.24) is 10.2 Å². The fourth-order valence-electron chi connectivity index (χ4n) is 2.14. The van der Waals surface area contributed by atoms with Crippen LogP contribution in [0, 0.1) is 0 Å². The summed E-state index contributed by atoms with van der Waals surface area (Å²) in [5, 5.41) is 3.59. The standard InChI is InChI=1S/C12H19BrN2S/c1-10(9-15-6-2-3-7-15)14-8-11-4-5-12(13)16-11/h4-5,10,14H,2-3,6-9H2,1H3. The van der Waals surface area contributed by atoms with Crippen LogP contribution in [0.4, 0.5) is 0 Å². The van der Waals surface area contributed by atoms with Gasteiger partial charge in [0.2, 0.25) is 0 Å². The summed E-state index contributed by atoms with van der Waals surface area (Å²) in [5.41, 5.74) is 0. The third-order valence-corrected chi connectivity index (χ3v) is 4.61. The highest BCUT2D eigenvalue weighted by Gasteiger charge is 2.14. The van der Waals surface area contributed by atoms with Crippen molar-refractivity contribution in [3.8, 4) is 0 Å². The average molecular weight is 303 g/mol. The maximum atomic E-state index is 3.59. The van der Waals surface area contributed by atoms with Gasteiger partial charge in [-0.3, -0.25) is 0 Å². The Morgan fingerprint density at radius 2 is 2.19 bits per heavy atom. The second-order valence-electron chi connectivity index (χ2n) is 4.50. The molecule has 1 saturated heterocycles. The van der Waals surface area contributed by atoms with E-state index in [0.29, 0.717) is 6.04 Å². The van der Waals surface area contributed by atoms with Gasteiger partial charge in [-0.25, -0.2) is 0 Å². The van der Waals surface area contributed by atoms with Crippen molar-refractivity contribution in [3.05, 3.63) is 20.8 Å². The van der Waals surface area contributed by atoms with E-state index in [1.54, 1.807) is 0 Å². The lowest BCUT2D eigenvalue weighted by atomic mass is 10.3. The number of likely N-dealkylation sites (tertiary alicyclic amines) is 1. The van der Waals surface area contributed by atoms with Gasteiger partial charge in [0.15, 0.2) is 0 Å². The minimum atomic E-state index is 0.582. The molecular formula is C12H19BrN2S. The number of rotatable bonds is 5. The third-order valence-electron chi connectivity index (χ3n) is 2.98. The molecule has 90 valence electrons. The van der Waals surface area contributed by atoms with Crippen LogP contribution in [0.15, 0.2) is 15.9 Å². The zero-order chi connectivity index (χ0) is 11.4. The second-order valence-corrected chi connectivity index (χ2v) is 7.04. The number of nitrogens with one attached hydrogen (secondary N) is 1. The molecule has 0 amide bonds. The smallest absolute Gasteiger partial charge is 0.0701 e. The molecule has 1 aliphatic heterocycles. The van der Waals surface area contributed by atoms with Crippen molar-refractivity contribution in [3.63, 3.8) is 0 Å². The molecule has 0 aliphatic carbocycles. The molecule has 0 saturated carbocycles. The predicted octanol–water partition coefficient (Wildman–Crippen LogP) is 3.08. The highest BCUT2D eigenvalue weighted by molar-refractivity contribution is 9.11. The summed E-state index contributed by atoms with van der Waals surface area (Å²) in [6, 6.07) is 4.89. The van der Waals surface area contributed by atoms with E-state index in [4.69, 9.17) is 0 Å². The van der Waals surface area contributed by atoms with Crippen LogP contribution < -0.4 is 5.32 Å². The van der Waals surface area contributed by atoms with Gasteiger partial charge in [-0.05, 0) is 60.9 Å². The van der Waals surface area contributed by atoms with Crippen LogP contribution in [0.3, 0.4) is 0 Å². The number of halogens is 1. The minimum absolute atomic E-state index is 0.582. The van der Waals surface area contributed by atoms with E-state index in [0.717, 1.165) is 6.54 Å². The van der Waals surface area contributed by atoms with Gasteiger partial charge in [0.1, 0.15) is 0 Å². The number of thiophene rings is 1. The van der Waals surface area contributed by atoms with Crippen LogP contribution in [0.1, 0.15) is 24.6 Å². The normalized spacial score (nSPS) is 19.1. The van der Waals surface area contributed by atoms with E-state index < -0.39 is 0 Å². The topological polar surface area (TPSA) is 15.3 Å². The van der Waals surface area contributed by atoms with Crippen LogP contribution in [0.2, 0.25) is 0 Å².